The van der Waals surface area contributed by atoms with E-state index in [1.807, 2.05) is 37.3 Å². The smallest absolute Gasteiger partial charge is 0.271 e. The Hall–Kier alpha value is -4.66. The van der Waals surface area contributed by atoms with Crippen molar-refractivity contribution in [2.45, 2.75) is 13.0 Å². The van der Waals surface area contributed by atoms with Crippen molar-refractivity contribution in [3.8, 4) is 28.4 Å². The summed E-state index contributed by atoms with van der Waals surface area (Å²) in [6.45, 7) is 1.88. The van der Waals surface area contributed by atoms with Crippen LogP contribution in [-0.4, -0.2) is 34.8 Å². The minimum absolute atomic E-state index is 0.106. The van der Waals surface area contributed by atoms with Gasteiger partial charge >= 0.3 is 0 Å². The highest BCUT2D eigenvalue weighted by atomic mass is 16.6. The number of amides is 1. The van der Waals surface area contributed by atoms with Crippen molar-refractivity contribution < 1.29 is 19.2 Å². The highest BCUT2D eigenvalue weighted by Gasteiger charge is 2.22. The second kappa shape index (κ2) is 10.1. The Balaban J connectivity index is 1.80. The van der Waals surface area contributed by atoms with E-state index in [9.17, 15) is 14.9 Å². The first-order valence-electron chi connectivity index (χ1n) is 10.8. The van der Waals surface area contributed by atoms with E-state index in [0.29, 0.717) is 28.4 Å². The van der Waals surface area contributed by atoms with Gasteiger partial charge in [-0.2, -0.15) is 5.10 Å². The van der Waals surface area contributed by atoms with Gasteiger partial charge in [0.1, 0.15) is 17.2 Å². The molecule has 1 aromatic heterocycles. The average Bonchev–Trinajstić information content (AvgIpc) is 3.34. The first-order chi connectivity index (χ1) is 16.9. The van der Waals surface area contributed by atoms with Crippen LogP contribution in [0.1, 0.15) is 29.0 Å². The Morgan fingerprint density at radius 2 is 1.77 bits per heavy atom. The van der Waals surface area contributed by atoms with Crippen molar-refractivity contribution in [2.75, 3.05) is 14.2 Å². The molecule has 0 spiro atoms. The molecule has 1 heterocycles. The Bertz CT molecular complexity index is 1370. The summed E-state index contributed by atoms with van der Waals surface area (Å²) in [5, 5.41) is 19.0. The summed E-state index contributed by atoms with van der Waals surface area (Å²) in [6, 6.07) is 22.2. The third-order valence-corrected chi connectivity index (χ3v) is 5.56. The van der Waals surface area contributed by atoms with Crippen LogP contribution in [-0.2, 0) is 0 Å². The SMILES string of the molecule is COc1ccc(-c2cc(C(=O)NC(C)c3ccccc3)n(-c3cccc([N+](=O)[O-])c3)n2)c(OC)c1. The van der Waals surface area contributed by atoms with Crippen molar-refractivity contribution in [3.63, 3.8) is 0 Å². The molecule has 0 fully saturated rings. The summed E-state index contributed by atoms with van der Waals surface area (Å²) in [7, 11) is 3.09. The maximum absolute atomic E-state index is 13.4. The Morgan fingerprint density at radius 1 is 1.00 bits per heavy atom. The van der Waals surface area contributed by atoms with Gasteiger partial charge < -0.3 is 14.8 Å². The fourth-order valence-corrected chi connectivity index (χ4v) is 3.72. The molecular formula is C26H24N4O5. The standard InChI is InChI=1S/C26H24N4O5/c1-17(18-8-5-4-6-9-18)27-26(31)24-16-23(22-13-12-21(34-2)15-25(22)35-3)28-29(24)19-10-7-11-20(14-19)30(32)33/h4-17H,1-3H3,(H,27,31). The highest BCUT2D eigenvalue weighted by molar-refractivity contribution is 5.95. The molecular weight excluding hydrogens is 448 g/mol. The van der Waals surface area contributed by atoms with E-state index in [1.54, 1.807) is 43.5 Å². The van der Waals surface area contributed by atoms with Crippen molar-refractivity contribution in [1.29, 1.82) is 0 Å². The fourth-order valence-electron chi connectivity index (χ4n) is 3.72. The van der Waals surface area contributed by atoms with Crippen molar-refractivity contribution in [3.05, 3.63) is 100 Å². The van der Waals surface area contributed by atoms with E-state index >= 15 is 0 Å². The Labute approximate surface area is 202 Å². The maximum atomic E-state index is 13.4. The number of benzene rings is 3. The van der Waals surface area contributed by atoms with E-state index in [-0.39, 0.29) is 23.3 Å². The zero-order valence-electron chi connectivity index (χ0n) is 19.5. The van der Waals surface area contributed by atoms with Gasteiger partial charge in [0, 0.05) is 23.8 Å². The number of carbonyl (C=O) groups excluding carboxylic acids is 1. The summed E-state index contributed by atoms with van der Waals surface area (Å²) < 4.78 is 12.2. The largest absolute Gasteiger partial charge is 0.497 e. The van der Waals surface area contributed by atoms with Crippen LogP contribution in [0.3, 0.4) is 0 Å². The number of rotatable bonds is 8. The van der Waals surface area contributed by atoms with Crippen LogP contribution >= 0.6 is 0 Å². The zero-order valence-corrected chi connectivity index (χ0v) is 19.5. The summed E-state index contributed by atoms with van der Waals surface area (Å²) in [6.07, 6.45) is 0. The highest BCUT2D eigenvalue weighted by Crippen LogP contribution is 2.34. The number of nitro groups is 1. The number of carbonyl (C=O) groups is 1. The molecule has 178 valence electrons. The number of ether oxygens (including phenoxy) is 2. The first kappa shape index (κ1) is 23.5. The van der Waals surface area contributed by atoms with Gasteiger partial charge in [-0.3, -0.25) is 14.9 Å². The molecule has 0 radical (unpaired) electrons. The van der Waals surface area contributed by atoms with Crippen LogP contribution in [0.5, 0.6) is 11.5 Å². The van der Waals surface area contributed by atoms with Gasteiger partial charge in [-0.15, -0.1) is 0 Å². The van der Waals surface area contributed by atoms with E-state index in [4.69, 9.17) is 9.47 Å². The first-order valence-corrected chi connectivity index (χ1v) is 10.8. The van der Waals surface area contributed by atoms with Gasteiger partial charge in [0.25, 0.3) is 11.6 Å². The molecule has 1 unspecified atom stereocenters. The summed E-state index contributed by atoms with van der Waals surface area (Å²) >= 11 is 0. The van der Waals surface area contributed by atoms with Gasteiger partial charge in [0.15, 0.2) is 0 Å². The van der Waals surface area contributed by atoms with Crippen molar-refractivity contribution in [2.24, 2.45) is 0 Å². The van der Waals surface area contributed by atoms with Crippen LogP contribution in [0.4, 0.5) is 5.69 Å². The molecule has 0 saturated heterocycles. The van der Waals surface area contributed by atoms with E-state index in [0.717, 1.165) is 5.56 Å². The number of aromatic nitrogens is 2. The monoisotopic (exact) mass is 472 g/mol. The molecule has 4 aromatic rings. The fraction of sp³-hybridized carbons (Fsp3) is 0.154. The molecule has 35 heavy (non-hydrogen) atoms. The van der Waals surface area contributed by atoms with Crippen LogP contribution in [0.2, 0.25) is 0 Å². The Morgan fingerprint density at radius 3 is 2.46 bits per heavy atom. The third-order valence-electron chi connectivity index (χ3n) is 5.56. The predicted octanol–water partition coefficient (Wildman–Crippen LogP) is 4.96. The molecule has 0 bridgehead atoms. The van der Waals surface area contributed by atoms with Gasteiger partial charge in [0.2, 0.25) is 0 Å². The van der Waals surface area contributed by atoms with E-state index < -0.39 is 4.92 Å². The lowest BCUT2D eigenvalue weighted by Gasteiger charge is -2.15. The molecule has 4 rings (SSSR count). The van der Waals surface area contributed by atoms with Crippen LogP contribution in [0, 0.1) is 10.1 Å². The lowest BCUT2D eigenvalue weighted by Crippen LogP contribution is -2.28. The molecule has 0 saturated carbocycles. The van der Waals surface area contributed by atoms with E-state index in [1.165, 1.54) is 23.9 Å². The molecule has 3 aromatic carbocycles. The Kier molecular flexibility index (Phi) is 6.77. The van der Waals surface area contributed by atoms with Crippen LogP contribution in [0.25, 0.3) is 16.9 Å². The molecule has 0 aliphatic carbocycles. The maximum Gasteiger partial charge on any atom is 0.271 e. The lowest BCUT2D eigenvalue weighted by molar-refractivity contribution is -0.384. The number of hydrogen-bond acceptors (Lipinski definition) is 6. The number of nitrogens with one attached hydrogen (secondary N) is 1. The molecule has 0 aliphatic rings. The lowest BCUT2D eigenvalue weighted by atomic mass is 10.1. The molecule has 1 amide bonds. The van der Waals surface area contributed by atoms with Gasteiger partial charge in [-0.05, 0) is 36.8 Å². The number of nitrogens with zero attached hydrogens (tertiary/aromatic N) is 3. The second-order valence-corrected chi connectivity index (χ2v) is 7.78. The molecule has 9 nitrogen and oxygen atoms in total. The number of hydrogen-bond donors (Lipinski definition) is 1. The van der Waals surface area contributed by atoms with Crippen molar-refractivity contribution in [1.82, 2.24) is 15.1 Å². The topological polar surface area (TPSA) is 109 Å². The van der Waals surface area contributed by atoms with E-state index in [2.05, 4.69) is 10.4 Å². The van der Waals surface area contributed by atoms with Gasteiger partial charge in [-0.25, -0.2) is 4.68 Å². The second-order valence-electron chi connectivity index (χ2n) is 7.78. The number of nitro benzene ring substituents is 1. The normalized spacial score (nSPS) is 11.5. The van der Waals surface area contributed by atoms with Crippen LogP contribution < -0.4 is 14.8 Å². The minimum atomic E-state index is -0.488. The summed E-state index contributed by atoms with van der Waals surface area (Å²) in [5.74, 6) is 0.745. The zero-order chi connectivity index (χ0) is 24.9. The van der Waals surface area contributed by atoms with Crippen molar-refractivity contribution >= 4 is 11.6 Å². The summed E-state index contributed by atoms with van der Waals surface area (Å²) in [5.41, 5.74) is 2.55. The van der Waals surface area contributed by atoms with Crippen LogP contribution in [0.15, 0.2) is 78.9 Å². The molecule has 1 N–H and O–H groups in total. The molecule has 9 heteroatoms. The average molecular weight is 473 g/mol. The predicted molar refractivity (Wildman–Crippen MR) is 131 cm³/mol. The molecule has 1 atom stereocenters. The van der Waals surface area contributed by atoms with Gasteiger partial charge in [-0.1, -0.05) is 36.4 Å². The number of non-ortho nitro benzene ring substituents is 1. The minimum Gasteiger partial charge on any atom is -0.497 e. The third kappa shape index (κ3) is 4.98. The van der Waals surface area contributed by atoms with Gasteiger partial charge in [0.05, 0.1) is 36.6 Å². The quantitative estimate of drug-likeness (QED) is 0.287. The molecule has 0 aliphatic heterocycles. The number of methoxy groups -OCH3 is 2. The summed E-state index contributed by atoms with van der Waals surface area (Å²) in [4.78, 5) is 24.2.